The summed E-state index contributed by atoms with van der Waals surface area (Å²) in [4.78, 5) is 24.3. The van der Waals surface area contributed by atoms with Gasteiger partial charge < -0.3 is 10.6 Å². The predicted molar refractivity (Wildman–Crippen MR) is 101 cm³/mol. The fourth-order valence-electron chi connectivity index (χ4n) is 2.71. The van der Waals surface area contributed by atoms with Gasteiger partial charge in [0.1, 0.15) is 5.69 Å². The summed E-state index contributed by atoms with van der Waals surface area (Å²) in [5, 5.41) is 13.8. The van der Waals surface area contributed by atoms with Crippen LogP contribution in [0.15, 0.2) is 48.8 Å². The molecule has 0 aliphatic heterocycles. The van der Waals surface area contributed by atoms with Crippen LogP contribution in [0.5, 0.6) is 0 Å². The van der Waals surface area contributed by atoms with Gasteiger partial charge in [-0.25, -0.2) is 0 Å². The van der Waals surface area contributed by atoms with Crippen molar-refractivity contribution in [2.24, 2.45) is 0 Å². The summed E-state index contributed by atoms with van der Waals surface area (Å²) in [5.74, 6) is -0.644. The van der Waals surface area contributed by atoms with Gasteiger partial charge in [0.25, 0.3) is 5.91 Å². The number of carbonyl (C=O) groups is 2. The largest absolute Gasteiger partial charge is 0.342 e. The Labute approximate surface area is 157 Å². The zero-order chi connectivity index (χ0) is 19.2. The van der Waals surface area contributed by atoms with E-state index in [9.17, 15) is 9.59 Å². The maximum absolute atomic E-state index is 12.2. The van der Waals surface area contributed by atoms with Crippen LogP contribution >= 0.6 is 0 Å². The van der Waals surface area contributed by atoms with E-state index >= 15 is 0 Å². The molecule has 0 aliphatic carbocycles. The highest BCUT2D eigenvalue weighted by atomic mass is 16.2. The van der Waals surface area contributed by atoms with Crippen LogP contribution in [0.4, 0.5) is 5.69 Å². The molecule has 1 aromatic carbocycles. The zero-order valence-electron chi connectivity index (χ0n) is 15.3. The molecular weight excluding hydrogens is 344 g/mol. The Morgan fingerprint density at radius 1 is 1.19 bits per heavy atom. The first-order chi connectivity index (χ1) is 13.0. The van der Waals surface area contributed by atoms with E-state index in [0.717, 1.165) is 11.3 Å². The minimum Gasteiger partial charge on any atom is -0.342 e. The van der Waals surface area contributed by atoms with Gasteiger partial charge in [-0.2, -0.15) is 10.2 Å². The van der Waals surface area contributed by atoms with Crippen LogP contribution in [0.3, 0.4) is 0 Å². The summed E-state index contributed by atoms with van der Waals surface area (Å²) < 4.78 is 3.35. The van der Waals surface area contributed by atoms with Crippen LogP contribution in [0.1, 0.15) is 28.7 Å². The number of hydrogen-bond donors (Lipinski definition) is 2. The van der Waals surface area contributed by atoms with Gasteiger partial charge in [-0.15, -0.1) is 0 Å². The Kier molecular flexibility index (Phi) is 5.65. The molecule has 0 atom stereocenters. The molecule has 0 spiro atoms. The zero-order valence-corrected chi connectivity index (χ0v) is 15.3. The van der Waals surface area contributed by atoms with Crippen molar-refractivity contribution < 1.29 is 9.59 Å². The number of amides is 2. The quantitative estimate of drug-likeness (QED) is 0.667. The molecule has 3 rings (SSSR count). The second-order valence-electron chi connectivity index (χ2n) is 6.13. The van der Waals surface area contributed by atoms with Crippen molar-refractivity contribution in [3.63, 3.8) is 0 Å². The first kappa shape index (κ1) is 18.4. The van der Waals surface area contributed by atoms with Gasteiger partial charge in [0.15, 0.2) is 0 Å². The minimum absolute atomic E-state index is 0.128. The Hall–Kier alpha value is -3.42. The van der Waals surface area contributed by atoms with E-state index in [1.807, 2.05) is 44.2 Å². The molecule has 140 valence electrons. The van der Waals surface area contributed by atoms with Gasteiger partial charge in [-0.1, -0.05) is 30.3 Å². The molecule has 3 aromatic rings. The van der Waals surface area contributed by atoms with Crippen LogP contribution in [0.25, 0.3) is 0 Å². The molecule has 0 saturated heterocycles. The molecule has 0 radical (unpaired) electrons. The second kappa shape index (κ2) is 8.31. The van der Waals surface area contributed by atoms with Crippen LogP contribution < -0.4 is 10.6 Å². The van der Waals surface area contributed by atoms with Crippen LogP contribution in [0.2, 0.25) is 0 Å². The van der Waals surface area contributed by atoms with Crippen LogP contribution in [0, 0.1) is 6.92 Å². The van der Waals surface area contributed by atoms with Crippen molar-refractivity contribution >= 4 is 17.5 Å². The maximum atomic E-state index is 12.2. The van der Waals surface area contributed by atoms with E-state index in [0.29, 0.717) is 24.5 Å². The summed E-state index contributed by atoms with van der Waals surface area (Å²) in [6.07, 6.45) is 3.33. The van der Waals surface area contributed by atoms with Crippen LogP contribution in [-0.4, -0.2) is 37.9 Å². The van der Waals surface area contributed by atoms with Gasteiger partial charge in [0.2, 0.25) is 5.91 Å². The molecule has 8 heteroatoms. The van der Waals surface area contributed by atoms with Crippen molar-refractivity contribution in [1.29, 1.82) is 0 Å². The molecule has 0 saturated carbocycles. The van der Waals surface area contributed by atoms with Gasteiger partial charge in [0, 0.05) is 12.7 Å². The Morgan fingerprint density at radius 3 is 2.70 bits per heavy atom. The number of nitrogens with one attached hydrogen (secondary N) is 2. The maximum Gasteiger partial charge on any atom is 0.269 e. The lowest BCUT2D eigenvalue weighted by molar-refractivity contribution is -0.115. The number of aryl methyl sites for hydroxylation is 2. The highest BCUT2D eigenvalue weighted by molar-refractivity contribution is 5.98. The number of carbonyl (C=O) groups excluding carboxylic acids is 2. The van der Waals surface area contributed by atoms with Crippen molar-refractivity contribution in [3.05, 3.63) is 65.7 Å². The first-order valence-corrected chi connectivity index (χ1v) is 8.74. The SMILES string of the molecule is CCn1nc(C)cc1C(=O)NCC(=O)Nc1cnn(Cc2ccccc2)c1. The standard InChI is InChI=1S/C19H22N6O2/c1-3-25-17(9-14(2)23-25)19(27)20-11-18(26)22-16-10-21-24(13-16)12-15-7-5-4-6-8-15/h4-10,13H,3,11-12H2,1-2H3,(H,20,27)(H,22,26). The van der Waals surface area contributed by atoms with Gasteiger partial charge in [-0.05, 0) is 25.5 Å². The third-order valence-corrected chi connectivity index (χ3v) is 3.95. The molecule has 2 aromatic heterocycles. The van der Waals surface area contributed by atoms with E-state index in [-0.39, 0.29) is 18.4 Å². The number of hydrogen-bond acceptors (Lipinski definition) is 4. The van der Waals surface area contributed by atoms with Crippen molar-refractivity contribution in [2.75, 3.05) is 11.9 Å². The molecule has 0 unspecified atom stereocenters. The van der Waals surface area contributed by atoms with Crippen molar-refractivity contribution in [3.8, 4) is 0 Å². The third kappa shape index (κ3) is 4.81. The average molecular weight is 366 g/mol. The fraction of sp³-hybridized carbons (Fsp3) is 0.263. The average Bonchev–Trinajstić information content (AvgIpc) is 3.26. The molecule has 2 heterocycles. The fourth-order valence-corrected chi connectivity index (χ4v) is 2.71. The van der Waals surface area contributed by atoms with Gasteiger partial charge in [0.05, 0.1) is 30.7 Å². The molecule has 8 nitrogen and oxygen atoms in total. The lowest BCUT2D eigenvalue weighted by Gasteiger charge is -2.06. The lowest BCUT2D eigenvalue weighted by Crippen LogP contribution is -2.34. The highest BCUT2D eigenvalue weighted by Gasteiger charge is 2.14. The van der Waals surface area contributed by atoms with E-state index in [1.54, 1.807) is 27.8 Å². The van der Waals surface area contributed by atoms with Gasteiger partial charge >= 0.3 is 0 Å². The topological polar surface area (TPSA) is 93.8 Å². The smallest absolute Gasteiger partial charge is 0.269 e. The van der Waals surface area contributed by atoms with E-state index < -0.39 is 0 Å². The molecule has 0 fully saturated rings. The van der Waals surface area contributed by atoms with E-state index in [2.05, 4.69) is 20.8 Å². The minimum atomic E-state index is -0.327. The second-order valence-corrected chi connectivity index (χ2v) is 6.13. The Morgan fingerprint density at radius 2 is 1.96 bits per heavy atom. The first-order valence-electron chi connectivity index (χ1n) is 8.74. The predicted octanol–water partition coefficient (Wildman–Crippen LogP) is 1.82. The number of anilines is 1. The lowest BCUT2D eigenvalue weighted by atomic mass is 10.2. The molecule has 0 bridgehead atoms. The normalized spacial score (nSPS) is 10.6. The summed E-state index contributed by atoms with van der Waals surface area (Å²) in [7, 11) is 0. The molecule has 2 amide bonds. The number of nitrogens with zero attached hydrogens (tertiary/aromatic N) is 4. The number of benzene rings is 1. The van der Waals surface area contributed by atoms with Crippen molar-refractivity contribution in [1.82, 2.24) is 24.9 Å². The monoisotopic (exact) mass is 366 g/mol. The summed E-state index contributed by atoms with van der Waals surface area (Å²) >= 11 is 0. The summed E-state index contributed by atoms with van der Waals surface area (Å²) in [6, 6.07) is 11.6. The van der Waals surface area contributed by atoms with Gasteiger partial charge in [-0.3, -0.25) is 19.0 Å². The molecule has 0 aliphatic rings. The highest BCUT2D eigenvalue weighted by Crippen LogP contribution is 2.08. The van der Waals surface area contributed by atoms with Crippen LogP contribution in [-0.2, 0) is 17.9 Å². The molecular formula is C19H22N6O2. The Balaban J connectivity index is 1.51. The number of aromatic nitrogens is 4. The summed E-state index contributed by atoms with van der Waals surface area (Å²) in [5.41, 5.74) is 2.91. The molecule has 2 N–H and O–H groups in total. The van der Waals surface area contributed by atoms with Crippen molar-refractivity contribution in [2.45, 2.75) is 26.9 Å². The summed E-state index contributed by atoms with van der Waals surface area (Å²) in [6.45, 7) is 4.81. The molecule has 27 heavy (non-hydrogen) atoms. The third-order valence-electron chi connectivity index (χ3n) is 3.95. The number of rotatable bonds is 7. The van der Waals surface area contributed by atoms with E-state index in [4.69, 9.17) is 0 Å². The Bertz CT molecular complexity index is 929. The van der Waals surface area contributed by atoms with E-state index in [1.165, 1.54) is 0 Å².